The molecule has 3 rings (SSSR count). The van der Waals surface area contributed by atoms with Crippen LogP contribution in [0.5, 0.6) is 0 Å². The Morgan fingerprint density at radius 3 is 3.00 bits per heavy atom. The molecule has 1 saturated heterocycles. The van der Waals surface area contributed by atoms with Gasteiger partial charge in [-0.15, -0.1) is 11.8 Å². The molecular weight excluding hydrogens is 372 g/mol. The van der Waals surface area contributed by atoms with Crippen molar-refractivity contribution in [2.75, 3.05) is 19.6 Å². The number of thioether (sulfide) groups is 1. The van der Waals surface area contributed by atoms with Gasteiger partial charge in [-0.1, -0.05) is 12.1 Å². The summed E-state index contributed by atoms with van der Waals surface area (Å²) in [6.07, 6.45) is 4.27. The molecule has 0 radical (unpaired) electrons. The number of carbonyl (C=O) groups is 1. The highest BCUT2D eigenvalue weighted by molar-refractivity contribution is 7.98. The van der Waals surface area contributed by atoms with Crippen LogP contribution in [0.4, 0.5) is 0 Å². The number of rotatable bonds is 7. The molecule has 0 aliphatic carbocycles. The average molecular weight is 403 g/mol. The summed E-state index contributed by atoms with van der Waals surface area (Å²) in [7, 11) is 0. The van der Waals surface area contributed by atoms with Crippen molar-refractivity contribution >= 4 is 17.7 Å². The largest absolute Gasteiger partial charge is 0.361 e. The third-order valence-corrected chi connectivity index (χ3v) is 6.45. The Balaban J connectivity index is 1.59. The summed E-state index contributed by atoms with van der Waals surface area (Å²) in [5.74, 6) is 2.17. The lowest BCUT2D eigenvalue weighted by molar-refractivity contribution is 0.0914. The Kier molecular flexibility index (Phi) is 7.13. The number of pyridine rings is 1. The molecule has 7 heteroatoms. The molecule has 3 heterocycles. The number of likely N-dealkylation sites (tertiary alicyclic amines) is 1. The van der Waals surface area contributed by atoms with E-state index in [9.17, 15) is 4.79 Å². The maximum absolute atomic E-state index is 12.8. The van der Waals surface area contributed by atoms with Gasteiger partial charge < -0.3 is 9.84 Å². The van der Waals surface area contributed by atoms with Gasteiger partial charge in [-0.2, -0.15) is 0 Å². The van der Waals surface area contributed by atoms with Crippen molar-refractivity contribution < 1.29 is 9.32 Å². The van der Waals surface area contributed by atoms with E-state index >= 15 is 0 Å². The van der Waals surface area contributed by atoms with Crippen molar-refractivity contribution in [3.63, 3.8) is 0 Å². The van der Waals surface area contributed by atoms with Crippen molar-refractivity contribution in [3.05, 3.63) is 40.9 Å². The van der Waals surface area contributed by atoms with Crippen molar-refractivity contribution in [2.24, 2.45) is 5.92 Å². The second kappa shape index (κ2) is 9.56. The van der Waals surface area contributed by atoms with Crippen LogP contribution in [-0.4, -0.2) is 46.6 Å². The van der Waals surface area contributed by atoms with Crippen LogP contribution in [0, 0.1) is 19.8 Å². The second-order valence-electron chi connectivity index (χ2n) is 7.75. The van der Waals surface area contributed by atoms with E-state index in [0.29, 0.717) is 23.9 Å². The van der Waals surface area contributed by atoms with Gasteiger partial charge in [0, 0.05) is 36.6 Å². The number of nitrogens with one attached hydrogen (secondary N) is 1. The lowest BCUT2D eigenvalue weighted by Gasteiger charge is -2.35. The van der Waals surface area contributed by atoms with Gasteiger partial charge in [0.05, 0.1) is 11.3 Å². The van der Waals surface area contributed by atoms with E-state index < -0.39 is 0 Å². The zero-order valence-corrected chi connectivity index (χ0v) is 18.0. The third kappa shape index (κ3) is 5.14. The van der Waals surface area contributed by atoms with Crippen molar-refractivity contribution in [3.8, 4) is 0 Å². The van der Waals surface area contributed by atoms with Crippen LogP contribution in [0.2, 0.25) is 0 Å². The van der Waals surface area contributed by atoms with Crippen LogP contribution < -0.4 is 5.32 Å². The number of aryl methyl sites for hydroxylation is 2. The minimum absolute atomic E-state index is 0.0636. The monoisotopic (exact) mass is 402 g/mol. The highest BCUT2D eigenvalue weighted by atomic mass is 32.2. The molecular formula is C21H30N4O2S. The standard InChI is InChI=1S/C21H30N4O2S/c1-14-7-6-10-25(12-14)15(2)11-23-20(26)18-8-5-9-22-21(18)28-13-19-16(3)24-27-17(19)4/h5,8-9,14-15H,6-7,10-13H2,1-4H3,(H,23,26)/t14-,15+/m1/s1. The molecule has 0 unspecified atom stereocenters. The van der Waals surface area contributed by atoms with Gasteiger partial charge >= 0.3 is 0 Å². The number of aromatic nitrogens is 2. The molecule has 6 nitrogen and oxygen atoms in total. The summed E-state index contributed by atoms with van der Waals surface area (Å²) in [5.41, 5.74) is 2.57. The number of hydrogen-bond donors (Lipinski definition) is 1. The van der Waals surface area contributed by atoms with E-state index in [1.807, 2.05) is 26.0 Å². The van der Waals surface area contributed by atoms with E-state index in [0.717, 1.165) is 41.1 Å². The first-order valence-corrected chi connectivity index (χ1v) is 11.0. The molecule has 2 atom stereocenters. The van der Waals surface area contributed by atoms with Crippen LogP contribution in [-0.2, 0) is 5.75 Å². The number of piperidine rings is 1. The number of carbonyl (C=O) groups excluding carboxylic acids is 1. The highest BCUT2D eigenvalue weighted by Crippen LogP contribution is 2.27. The Bertz CT molecular complexity index is 788. The smallest absolute Gasteiger partial charge is 0.254 e. The lowest BCUT2D eigenvalue weighted by Crippen LogP contribution is -2.46. The fourth-order valence-electron chi connectivity index (χ4n) is 3.62. The maximum Gasteiger partial charge on any atom is 0.254 e. The van der Waals surface area contributed by atoms with Crippen LogP contribution in [0.1, 0.15) is 54.1 Å². The predicted molar refractivity (Wildman–Crippen MR) is 112 cm³/mol. The van der Waals surface area contributed by atoms with E-state index in [1.54, 1.807) is 18.0 Å². The average Bonchev–Trinajstić information content (AvgIpc) is 3.02. The second-order valence-corrected chi connectivity index (χ2v) is 8.71. The van der Waals surface area contributed by atoms with Gasteiger partial charge in [0.15, 0.2) is 0 Å². The number of nitrogens with zero attached hydrogens (tertiary/aromatic N) is 3. The summed E-state index contributed by atoms with van der Waals surface area (Å²) in [6.45, 7) is 11.2. The fraction of sp³-hybridized carbons (Fsp3) is 0.571. The van der Waals surface area contributed by atoms with E-state index in [-0.39, 0.29) is 5.91 Å². The molecule has 1 fully saturated rings. The third-order valence-electron chi connectivity index (χ3n) is 5.42. The molecule has 28 heavy (non-hydrogen) atoms. The van der Waals surface area contributed by atoms with Crippen molar-refractivity contribution in [1.29, 1.82) is 0 Å². The molecule has 0 saturated carbocycles. The van der Waals surface area contributed by atoms with Crippen LogP contribution >= 0.6 is 11.8 Å². The SMILES string of the molecule is Cc1noc(C)c1CSc1ncccc1C(=O)NC[C@H](C)N1CCC[C@@H](C)C1. The summed E-state index contributed by atoms with van der Waals surface area (Å²) >= 11 is 1.54. The van der Waals surface area contributed by atoms with Gasteiger partial charge in [0.2, 0.25) is 0 Å². The Labute approximate surface area is 171 Å². The lowest BCUT2D eigenvalue weighted by atomic mass is 9.99. The molecule has 1 N–H and O–H groups in total. The van der Waals surface area contributed by atoms with Gasteiger partial charge in [0.25, 0.3) is 5.91 Å². The summed E-state index contributed by atoms with van der Waals surface area (Å²) in [6, 6.07) is 3.98. The topological polar surface area (TPSA) is 71.3 Å². The quantitative estimate of drug-likeness (QED) is 0.710. The molecule has 1 aliphatic heterocycles. The molecule has 2 aromatic heterocycles. The van der Waals surface area contributed by atoms with Crippen molar-refractivity contribution in [1.82, 2.24) is 20.4 Å². The molecule has 0 aromatic carbocycles. The van der Waals surface area contributed by atoms with E-state index in [4.69, 9.17) is 4.52 Å². The predicted octanol–water partition coefficient (Wildman–Crippen LogP) is 3.83. The minimum atomic E-state index is -0.0636. The van der Waals surface area contributed by atoms with Gasteiger partial charge in [-0.05, 0) is 58.2 Å². The molecule has 2 aromatic rings. The first-order chi connectivity index (χ1) is 13.5. The Morgan fingerprint density at radius 2 is 2.29 bits per heavy atom. The summed E-state index contributed by atoms with van der Waals surface area (Å²) < 4.78 is 5.22. The number of hydrogen-bond acceptors (Lipinski definition) is 6. The zero-order valence-electron chi connectivity index (χ0n) is 17.2. The molecule has 0 spiro atoms. The summed E-state index contributed by atoms with van der Waals surface area (Å²) in [4.78, 5) is 19.7. The van der Waals surface area contributed by atoms with Crippen molar-refractivity contribution in [2.45, 2.75) is 57.4 Å². The van der Waals surface area contributed by atoms with Gasteiger partial charge in [-0.3, -0.25) is 9.69 Å². The highest BCUT2D eigenvalue weighted by Gasteiger charge is 2.22. The Morgan fingerprint density at radius 1 is 1.46 bits per heavy atom. The molecule has 0 bridgehead atoms. The first-order valence-electron chi connectivity index (χ1n) is 9.97. The molecule has 1 aliphatic rings. The molecule has 152 valence electrons. The number of amides is 1. The van der Waals surface area contributed by atoms with E-state index in [2.05, 4.69) is 34.2 Å². The normalized spacial score (nSPS) is 18.8. The van der Waals surface area contributed by atoms with Crippen LogP contribution in [0.3, 0.4) is 0 Å². The minimum Gasteiger partial charge on any atom is -0.361 e. The maximum atomic E-state index is 12.8. The van der Waals surface area contributed by atoms with E-state index in [1.165, 1.54) is 12.8 Å². The first kappa shape index (κ1) is 20.9. The van der Waals surface area contributed by atoms with Crippen LogP contribution in [0.15, 0.2) is 27.9 Å². The van der Waals surface area contributed by atoms with Gasteiger partial charge in [0.1, 0.15) is 10.8 Å². The Hall–Kier alpha value is -1.86. The molecule has 1 amide bonds. The fourth-order valence-corrected chi connectivity index (χ4v) is 4.76. The summed E-state index contributed by atoms with van der Waals surface area (Å²) in [5, 5.41) is 7.83. The van der Waals surface area contributed by atoms with Crippen LogP contribution in [0.25, 0.3) is 0 Å². The van der Waals surface area contributed by atoms with Gasteiger partial charge in [-0.25, -0.2) is 4.98 Å². The zero-order chi connectivity index (χ0) is 20.1.